The summed E-state index contributed by atoms with van der Waals surface area (Å²) in [5.74, 6) is 0. The van der Waals surface area contributed by atoms with Gasteiger partial charge >= 0.3 is 0 Å². The number of carbonyl (C=O) groups is 1. The monoisotopic (exact) mass is 155 g/mol. The van der Waals surface area contributed by atoms with E-state index in [9.17, 15) is 4.79 Å². The number of hydrogen-bond donors (Lipinski definition) is 1. The fourth-order valence-corrected chi connectivity index (χ4v) is 1.04. The number of carbonyl (C=O) groups excluding carboxylic acids is 1. The summed E-state index contributed by atoms with van der Waals surface area (Å²) in [6.07, 6.45) is 5.23. The van der Waals surface area contributed by atoms with E-state index in [2.05, 4.69) is 0 Å². The SMILES string of the molecule is CC(C)(C=O)CCC1(N)CC1. The van der Waals surface area contributed by atoms with Gasteiger partial charge in [0.2, 0.25) is 0 Å². The fourth-order valence-electron chi connectivity index (χ4n) is 1.04. The minimum atomic E-state index is -0.172. The summed E-state index contributed by atoms with van der Waals surface area (Å²) in [4.78, 5) is 10.5. The first-order chi connectivity index (χ1) is 4.97. The molecule has 64 valence electrons. The normalized spacial score (nSPS) is 21.4. The second-order valence-electron chi connectivity index (χ2n) is 4.47. The van der Waals surface area contributed by atoms with Gasteiger partial charge in [0.1, 0.15) is 6.29 Å². The van der Waals surface area contributed by atoms with Crippen molar-refractivity contribution >= 4 is 6.29 Å². The van der Waals surface area contributed by atoms with E-state index < -0.39 is 0 Å². The second-order valence-corrected chi connectivity index (χ2v) is 4.47. The molecule has 1 rings (SSSR count). The maximum atomic E-state index is 10.5. The molecule has 0 bridgehead atoms. The second kappa shape index (κ2) is 2.59. The molecule has 0 unspecified atom stereocenters. The molecule has 0 amide bonds. The Kier molecular flexibility index (Phi) is 2.06. The molecule has 1 aliphatic rings. The average Bonchev–Trinajstić information content (AvgIpc) is 2.66. The molecule has 0 spiro atoms. The summed E-state index contributed by atoms with van der Waals surface area (Å²) in [6, 6.07) is 0. The molecule has 0 aromatic rings. The maximum absolute atomic E-state index is 10.5. The lowest BCUT2D eigenvalue weighted by atomic mass is 9.87. The van der Waals surface area contributed by atoms with Gasteiger partial charge in [-0.2, -0.15) is 0 Å². The third kappa shape index (κ3) is 2.62. The van der Waals surface area contributed by atoms with Crippen LogP contribution in [0.15, 0.2) is 0 Å². The van der Waals surface area contributed by atoms with Crippen LogP contribution in [-0.4, -0.2) is 11.8 Å². The predicted molar refractivity (Wildman–Crippen MR) is 45.2 cm³/mol. The van der Waals surface area contributed by atoms with Crippen molar-refractivity contribution in [2.24, 2.45) is 11.1 Å². The van der Waals surface area contributed by atoms with E-state index in [0.717, 1.165) is 32.0 Å². The summed E-state index contributed by atoms with van der Waals surface area (Å²) in [6.45, 7) is 3.93. The van der Waals surface area contributed by atoms with Crippen LogP contribution in [0.4, 0.5) is 0 Å². The Labute approximate surface area is 68.2 Å². The van der Waals surface area contributed by atoms with Crippen LogP contribution in [0.1, 0.15) is 39.5 Å². The molecule has 2 N–H and O–H groups in total. The number of nitrogens with two attached hydrogens (primary N) is 1. The van der Waals surface area contributed by atoms with Crippen LogP contribution in [0, 0.1) is 5.41 Å². The summed E-state index contributed by atoms with van der Waals surface area (Å²) in [5, 5.41) is 0. The molecule has 1 aliphatic carbocycles. The minimum absolute atomic E-state index is 0.0975. The third-order valence-corrected chi connectivity index (χ3v) is 2.48. The van der Waals surface area contributed by atoms with E-state index in [0.29, 0.717) is 0 Å². The van der Waals surface area contributed by atoms with Crippen LogP contribution < -0.4 is 5.73 Å². The topological polar surface area (TPSA) is 43.1 Å². The summed E-state index contributed by atoms with van der Waals surface area (Å²) >= 11 is 0. The van der Waals surface area contributed by atoms with Crippen molar-refractivity contribution in [3.05, 3.63) is 0 Å². The Bertz CT molecular complexity index is 159. The van der Waals surface area contributed by atoms with Crippen LogP contribution in [0.25, 0.3) is 0 Å². The lowest BCUT2D eigenvalue weighted by Gasteiger charge is -2.18. The van der Waals surface area contributed by atoms with E-state index >= 15 is 0 Å². The van der Waals surface area contributed by atoms with Crippen LogP contribution in [0.5, 0.6) is 0 Å². The van der Waals surface area contributed by atoms with E-state index in [1.807, 2.05) is 13.8 Å². The highest BCUT2D eigenvalue weighted by atomic mass is 16.1. The molecule has 0 aromatic heterocycles. The fraction of sp³-hybridized carbons (Fsp3) is 0.889. The van der Waals surface area contributed by atoms with Crippen molar-refractivity contribution in [2.45, 2.75) is 45.1 Å². The number of aldehydes is 1. The highest BCUT2D eigenvalue weighted by Gasteiger charge is 2.38. The maximum Gasteiger partial charge on any atom is 0.125 e. The Morgan fingerprint density at radius 2 is 2.09 bits per heavy atom. The van der Waals surface area contributed by atoms with Crippen molar-refractivity contribution in [1.29, 1.82) is 0 Å². The molecule has 0 heterocycles. The first-order valence-electron chi connectivity index (χ1n) is 4.23. The van der Waals surface area contributed by atoms with Crippen LogP contribution in [0.2, 0.25) is 0 Å². The average molecular weight is 155 g/mol. The van der Waals surface area contributed by atoms with Crippen molar-refractivity contribution in [2.75, 3.05) is 0 Å². The molecule has 0 aliphatic heterocycles. The zero-order chi connectivity index (χ0) is 8.54. The molecule has 0 atom stereocenters. The molecule has 0 saturated heterocycles. The van der Waals surface area contributed by atoms with Crippen molar-refractivity contribution < 1.29 is 4.79 Å². The minimum Gasteiger partial charge on any atom is -0.325 e. The Morgan fingerprint density at radius 1 is 1.55 bits per heavy atom. The lowest BCUT2D eigenvalue weighted by molar-refractivity contribution is -0.115. The molecule has 1 saturated carbocycles. The molecule has 2 nitrogen and oxygen atoms in total. The summed E-state index contributed by atoms with van der Waals surface area (Å²) in [7, 11) is 0. The van der Waals surface area contributed by atoms with E-state index in [1.54, 1.807) is 0 Å². The zero-order valence-electron chi connectivity index (χ0n) is 7.39. The van der Waals surface area contributed by atoms with E-state index in [-0.39, 0.29) is 11.0 Å². The zero-order valence-corrected chi connectivity index (χ0v) is 7.39. The highest BCUT2D eigenvalue weighted by Crippen LogP contribution is 2.39. The first kappa shape index (κ1) is 8.72. The quantitative estimate of drug-likeness (QED) is 0.625. The van der Waals surface area contributed by atoms with E-state index in [1.165, 1.54) is 0 Å². The van der Waals surface area contributed by atoms with Gasteiger partial charge in [-0.25, -0.2) is 0 Å². The van der Waals surface area contributed by atoms with Gasteiger partial charge in [0.25, 0.3) is 0 Å². The van der Waals surface area contributed by atoms with Crippen LogP contribution in [0.3, 0.4) is 0 Å². The molecule has 11 heavy (non-hydrogen) atoms. The Morgan fingerprint density at radius 3 is 2.45 bits per heavy atom. The predicted octanol–water partition coefficient (Wildman–Crippen LogP) is 1.48. The van der Waals surface area contributed by atoms with E-state index in [4.69, 9.17) is 5.73 Å². The number of hydrogen-bond acceptors (Lipinski definition) is 2. The van der Waals surface area contributed by atoms with Gasteiger partial charge in [-0.3, -0.25) is 0 Å². The van der Waals surface area contributed by atoms with Crippen LogP contribution >= 0.6 is 0 Å². The molecular weight excluding hydrogens is 138 g/mol. The number of rotatable bonds is 4. The third-order valence-electron chi connectivity index (χ3n) is 2.48. The van der Waals surface area contributed by atoms with Crippen molar-refractivity contribution in [1.82, 2.24) is 0 Å². The van der Waals surface area contributed by atoms with Gasteiger partial charge in [0.05, 0.1) is 0 Å². The molecule has 0 aromatic carbocycles. The standard InChI is InChI=1S/C9H17NO/c1-8(2,7-11)3-4-9(10)5-6-9/h7H,3-6,10H2,1-2H3. The molecule has 1 fully saturated rings. The smallest absolute Gasteiger partial charge is 0.125 e. The van der Waals surface area contributed by atoms with Crippen LogP contribution in [-0.2, 0) is 4.79 Å². The largest absolute Gasteiger partial charge is 0.325 e. The Balaban J connectivity index is 2.26. The molecular formula is C9H17NO. The van der Waals surface area contributed by atoms with Gasteiger partial charge in [-0.1, -0.05) is 13.8 Å². The summed E-state index contributed by atoms with van der Waals surface area (Å²) in [5.41, 5.74) is 5.82. The van der Waals surface area contributed by atoms with Gasteiger partial charge in [0, 0.05) is 11.0 Å². The lowest BCUT2D eigenvalue weighted by Crippen LogP contribution is -2.25. The van der Waals surface area contributed by atoms with Crippen molar-refractivity contribution in [3.63, 3.8) is 0 Å². The van der Waals surface area contributed by atoms with Gasteiger partial charge in [-0.15, -0.1) is 0 Å². The Hall–Kier alpha value is -0.370. The highest BCUT2D eigenvalue weighted by molar-refractivity contribution is 5.57. The van der Waals surface area contributed by atoms with Gasteiger partial charge in [0.15, 0.2) is 0 Å². The molecule has 0 radical (unpaired) electrons. The van der Waals surface area contributed by atoms with Gasteiger partial charge < -0.3 is 10.5 Å². The molecule has 2 heteroatoms. The van der Waals surface area contributed by atoms with Gasteiger partial charge in [-0.05, 0) is 25.7 Å². The van der Waals surface area contributed by atoms with Crippen molar-refractivity contribution in [3.8, 4) is 0 Å². The summed E-state index contributed by atoms with van der Waals surface area (Å²) < 4.78 is 0. The first-order valence-corrected chi connectivity index (χ1v) is 4.23.